The lowest BCUT2D eigenvalue weighted by Crippen LogP contribution is -2.31. The molecule has 4 heterocycles. The summed E-state index contributed by atoms with van der Waals surface area (Å²) in [7, 11) is 4.03. The minimum absolute atomic E-state index is 0.0149. The maximum atomic E-state index is 6.41. The van der Waals surface area contributed by atoms with Gasteiger partial charge in [-0.1, -0.05) is 30.3 Å². The Morgan fingerprint density at radius 2 is 1.87 bits per heavy atom. The number of aryl methyl sites for hydroxylation is 2. The van der Waals surface area contributed by atoms with Crippen LogP contribution in [0.2, 0.25) is 0 Å². The van der Waals surface area contributed by atoms with E-state index in [0.29, 0.717) is 0 Å². The van der Waals surface area contributed by atoms with Crippen molar-refractivity contribution in [2.24, 2.45) is 7.05 Å². The van der Waals surface area contributed by atoms with Crippen LogP contribution in [-0.2, 0) is 13.6 Å². The van der Waals surface area contributed by atoms with Gasteiger partial charge >= 0.3 is 0 Å². The molecule has 5 rings (SSSR count). The Kier molecular flexibility index (Phi) is 4.82. The Balaban J connectivity index is 1.71. The Morgan fingerprint density at radius 1 is 1.06 bits per heavy atom. The van der Waals surface area contributed by atoms with E-state index < -0.39 is 0 Å². The molecule has 0 N–H and O–H groups in total. The number of imidazole rings is 1. The lowest BCUT2D eigenvalue weighted by atomic mass is 10.1. The molecule has 4 aromatic rings. The predicted octanol–water partition coefficient (Wildman–Crippen LogP) is 3.82. The van der Waals surface area contributed by atoms with Crippen LogP contribution in [0, 0.1) is 6.92 Å². The minimum atomic E-state index is -0.0149. The van der Waals surface area contributed by atoms with Crippen LogP contribution in [0.5, 0.6) is 5.88 Å². The van der Waals surface area contributed by atoms with Crippen molar-refractivity contribution < 1.29 is 4.74 Å². The van der Waals surface area contributed by atoms with Gasteiger partial charge in [-0.25, -0.2) is 9.67 Å². The van der Waals surface area contributed by atoms with E-state index in [2.05, 4.69) is 69.8 Å². The van der Waals surface area contributed by atoms with Gasteiger partial charge in [0.1, 0.15) is 11.9 Å². The molecule has 0 saturated carbocycles. The quantitative estimate of drug-likeness (QED) is 0.438. The van der Waals surface area contributed by atoms with Crippen molar-refractivity contribution in [2.75, 3.05) is 13.6 Å². The summed E-state index contributed by atoms with van der Waals surface area (Å²) in [6.45, 7) is 5.70. The molecule has 1 aliphatic heterocycles. The number of nitrogens with zero attached hydrogens (tertiary/aromatic N) is 6. The van der Waals surface area contributed by atoms with E-state index in [1.54, 1.807) is 4.68 Å². The summed E-state index contributed by atoms with van der Waals surface area (Å²) >= 11 is 0. The van der Waals surface area contributed by atoms with Gasteiger partial charge in [-0.3, -0.25) is 14.3 Å². The molecule has 158 valence electrons. The lowest BCUT2D eigenvalue weighted by Gasteiger charge is -2.23. The second kappa shape index (κ2) is 7.67. The van der Waals surface area contributed by atoms with Gasteiger partial charge in [-0.05, 0) is 38.1 Å². The highest BCUT2D eigenvalue weighted by molar-refractivity contribution is 5.72. The van der Waals surface area contributed by atoms with Crippen molar-refractivity contribution in [3.8, 4) is 17.1 Å². The summed E-state index contributed by atoms with van der Waals surface area (Å²) in [5, 5.41) is 4.61. The summed E-state index contributed by atoms with van der Waals surface area (Å²) < 4.78 is 10.3. The van der Waals surface area contributed by atoms with E-state index in [1.807, 2.05) is 32.6 Å². The fourth-order valence-corrected chi connectivity index (χ4v) is 4.26. The first-order valence-corrected chi connectivity index (χ1v) is 10.5. The summed E-state index contributed by atoms with van der Waals surface area (Å²) in [5.74, 6) is 1.59. The van der Waals surface area contributed by atoms with Gasteiger partial charge < -0.3 is 4.74 Å². The predicted molar refractivity (Wildman–Crippen MR) is 122 cm³/mol. The van der Waals surface area contributed by atoms with Gasteiger partial charge in [0.05, 0.1) is 34.9 Å². The lowest BCUT2D eigenvalue weighted by molar-refractivity contribution is 0.148. The van der Waals surface area contributed by atoms with Crippen LogP contribution in [0.15, 0.2) is 42.9 Å². The number of hydrogen-bond acceptors (Lipinski definition) is 5. The van der Waals surface area contributed by atoms with Gasteiger partial charge in [0.2, 0.25) is 5.88 Å². The molecule has 3 aromatic heterocycles. The molecule has 0 unspecified atom stereocenters. The second-order valence-corrected chi connectivity index (χ2v) is 8.23. The Bertz CT molecular complexity index is 1280. The first-order valence-electron chi connectivity index (χ1n) is 10.5. The zero-order valence-electron chi connectivity index (χ0n) is 18.3. The van der Waals surface area contributed by atoms with Crippen molar-refractivity contribution in [3.05, 3.63) is 65.5 Å². The van der Waals surface area contributed by atoms with Gasteiger partial charge in [0.25, 0.3) is 0 Å². The van der Waals surface area contributed by atoms with Gasteiger partial charge in [-0.15, -0.1) is 0 Å². The highest BCUT2D eigenvalue weighted by atomic mass is 16.5. The molecular weight excluding hydrogens is 388 g/mol. The molecule has 0 saturated heterocycles. The first kappa shape index (κ1) is 19.5. The standard InChI is InChI=1S/C24H26N6O/c1-16-13-28(3)14-19-8-6-5-7-18(19)9-10-22-26-12-20-11-25-21(15-30(20)22)23-17(2)27-29(4)24(23)31-16/h5-12,15-16H,13-14H2,1-4H3/b10-9+/t16-/m0/s1. The molecule has 7 heteroatoms. The summed E-state index contributed by atoms with van der Waals surface area (Å²) in [6, 6.07) is 8.47. The maximum absolute atomic E-state index is 6.41. The van der Waals surface area contributed by atoms with Crippen LogP contribution >= 0.6 is 0 Å². The number of rotatable bonds is 0. The third kappa shape index (κ3) is 3.61. The third-order valence-corrected chi connectivity index (χ3v) is 5.66. The molecular formula is C24H26N6O. The van der Waals surface area contributed by atoms with E-state index in [-0.39, 0.29) is 6.10 Å². The zero-order valence-corrected chi connectivity index (χ0v) is 18.3. The van der Waals surface area contributed by atoms with Crippen molar-refractivity contribution in [2.45, 2.75) is 26.5 Å². The molecule has 0 fully saturated rings. The number of ether oxygens (including phenoxy) is 1. The summed E-state index contributed by atoms with van der Waals surface area (Å²) in [5.41, 5.74) is 6.02. The maximum Gasteiger partial charge on any atom is 0.221 e. The minimum Gasteiger partial charge on any atom is -0.473 e. The molecule has 0 spiro atoms. The van der Waals surface area contributed by atoms with Crippen LogP contribution in [-0.4, -0.2) is 48.7 Å². The van der Waals surface area contributed by atoms with E-state index in [0.717, 1.165) is 47.3 Å². The highest BCUT2D eigenvalue weighted by Gasteiger charge is 2.21. The smallest absolute Gasteiger partial charge is 0.221 e. The van der Waals surface area contributed by atoms with E-state index in [9.17, 15) is 0 Å². The molecule has 31 heavy (non-hydrogen) atoms. The molecule has 1 atom stereocenters. The Labute approximate surface area is 181 Å². The molecule has 1 aliphatic rings. The summed E-state index contributed by atoms with van der Waals surface area (Å²) in [4.78, 5) is 11.6. The molecule has 0 amide bonds. The monoisotopic (exact) mass is 414 g/mol. The van der Waals surface area contributed by atoms with Crippen molar-refractivity contribution >= 4 is 17.7 Å². The fourth-order valence-electron chi connectivity index (χ4n) is 4.26. The van der Waals surface area contributed by atoms with Gasteiger partial charge in [0, 0.05) is 26.3 Å². The zero-order chi connectivity index (χ0) is 21.5. The van der Waals surface area contributed by atoms with E-state index in [1.165, 1.54) is 11.1 Å². The van der Waals surface area contributed by atoms with Gasteiger partial charge in [0.15, 0.2) is 0 Å². The van der Waals surface area contributed by atoms with E-state index >= 15 is 0 Å². The third-order valence-electron chi connectivity index (χ3n) is 5.66. The second-order valence-electron chi connectivity index (χ2n) is 8.23. The Hall–Kier alpha value is -3.45. The Morgan fingerprint density at radius 3 is 2.74 bits per heavy atom. The average Bonchev–Trinajstić information content (AvgIpc) is 3.26. The van der Waals surface area contributed by atoms with Crippen LogP contribution in [0.25, 0.3) is 28.9 Å². The fraction of sp³-hybridized carbons (Fsp3) is 0.292. The van der Waals surface area contributed by atoms with Crippen molar-refractivity contribution in [1.82, 2.24) is 29.0 Å². The normalized spacial score (nSPS) is 18.1. The van der Waals surface area contributed by atoms with Crippen LogP contribution < -0.4 is 4.74 Å². The molecule has 7 nitrogen and oxygen atoms in total. The van der Waals surface area contributed by atoms with Gasteiger partial charge in [-0.2, -0.15) is 5.10 Å². The van der Waals surface area contributed by atoms with E-state index in [4.69, 9.17) is 9.72 Å². The average molecular weight is 415 g/mol. The SMILES string of the molecule is Cc1nn(C)c2c1-c1cn3c(ncc3cn1)/C=C/c1ccccc1CN(C)C[C@H](C)O2. The number of hydrogen-bond donors (Lipinski definition) is 0. The van der Waals surface area contributed by atoms with Crippen molar-refractivity contribution in [1.29, 1.82) is 0 Å². The number of benzene rings is 1. The topological polar surface area (TPSA) is 60.5 Å². The molecule has 0 radical (unpaired) electrons. The molecule has 2 bridgehead atoms. The van der Waals surface area contributed by atoms with Crippen molar-refractivity contribution in [3.63, 3.8) is 0 Å². The number of likely N-dealkylation sites (N-methyl/N-ethyl adjacent to an activating group) is 1. The number of aromatic nitrogens is 5. The largest absolute Gasteiger partial charge is 0.473 e. The molecule has 0 aliphatic carbocycles. The molecule has 1 aromatic carbocycles. The van der Waals surface area contributed by atoms with Crippen LogP contribution in [0.4, 0.5) is 0 Å². The first-order chi connectivity index (χ1) is 15.0. The highest BCUT2D eigenvalue weighted by Crippen LogP contribution is 2.33. The summed E-state index contributed by atoms with van der Waals surface area (Å²) in [6.07, 6.45) is 9.89. The number of fused-ring (bicyclic) bond motifs is 4. The van der Waals surface area contributed by atoms with Crippen LogP contribution in [0.3, 0.4) is 0 Å². The van der Waals surface area contributed by atoms with Crippen LogP contribution in [0.1, 0.15) is 29.6 Å².